The van der Waals surface area contributed by atoms with Gasteiger partial charge in [-0.05, 0) is 51.0 Å². The van der Waals surface area contributed by atoms with Crippen LogP contribution in [-0.4, -0.2) is 96.2 Å². The molecule has 3 fully saturated rings. The molecule has 1 N–H and O–H groups in total. The Morgan fingerprint density at radius 2 is 1.51 bits per heavy atom. The standard InChI is InChI=1S/C27H38N8O2/c1-20(2)35-19-28-24-25(29-21-3-5-22(6-4-21)32-11-15-36-16-12-32)30-27(31-26(24)35)34-9-7-23(8-10-34)33-13-17-37-18-14-33/h3-6,19-20,23H,7-18H2,1-2H3,(H,29,30,31). The zero-order chi connectivity index (χ0) is 25.2. The van der Waals surface area contributed by atoms with Crippen molar-refractivity contribution in [2.45, 2.75) is 38.8 Å². The van der Waals surface area contributed by atoms with Crippen LogP contribution in [0.1, 0.15) is 32.7 Å². The summed E-state index contributed by atoms with van der Waals surface area (Å²) >= 11 is 0. The molecule has 0 aliphatic carbocycles. The molecule has 10 heteroatoms. The Bertz CT molecular complexity index is 1180. The molecule has 0 radical (unpaired) electrons. The largest absolute Gasteiger partial charge is 0.379 e. The molecule has 3 aliphatic rings. The number of hydrogen-bond donors (Lipinski definition) is 1. The first-order valence-corrected chi connectivity index (χ1v) is 13.7. The number of morpholine rings is 2. The lowest BCUT2D eigenvalue weighted by Crippen LogP contribution is -2.49. The minimum absolute atomic E-state index is 0.264. The smallest absolute Gasteiger partial charge is 0.229 e. The van der Waals surface area contributed by atoms with Crippen molar-refractivity contribution in [2.24, 2.45) is 0 Å². The molecular weight excluding hydrogens is 468 g/mol. The van der Waals surface area contributed by atoms with Gasteiger partial charge in [-0.2, -0.15) is 9.97 Å². The molecule has 6 rings (SSSR count). The Morgan fingerprint density at radius 1 is 0.838 bits per heavy atom. The Hall–Kier alpha value is -2.95. The van der Waals surface area contributed by atoms with Crippen molar-refractivity contribution in [3.05, 3.63) is 30.6 Å². The second kappa shape index (κ2) is 10.8. The SMILES string of the molecule is CC(C)n1cnc2c(Nc3ccc(N4CCOCC4)cc3)nc(N3CCC(N4CCOCC4)CC3)nc21. The quantitative estimate of drug-likeness (QED) is 0.541. The van der Waals surface area contributed by atoms with Crippen molar-refractivity contribution in [1.82, 2.24) is 24.4 Å². The van der Waals surface area contributed by atoms with E-state index in [0.29, 0.717) is 6.04 Å². The fraction of sp³-hybridized carbons (Fsp3) is 0.593. The maximum atomic E-state index is 5.55. The molecule has 3 aliphatic heterocycles. The number of aromatic nitrogens is 4. The third kappa shape index (κ3) is 5.23. The molecule has 0 bridgehead atoms. The first kappa shape index (κ1) is 24.4. The summed E-state index contributed by atoms with van der Waals surface area (Å²) in [4.78, 5) is 22.0. The summed E-state index contributed by atoms with van der Waals surface area (Å²) < 4.78 is 13.2. The average Bonchev–Trinajstić information content (AvgIpc) is 3.39. The first-order valence-electron chi connectivity index (χ1n) is 13.7. The molecule has 0 atom stereocenters. The Labute approximate surface area is 218 Å². The van der Waals surface area contributed by atoms with Crippen LogP contribution in [0, 0.1) is 0 Å². The van der Waals surface area contributed by atoms with E-state index in [4.69, 9.17) is 24.4 Å². The molecule has 2 aromatic heterocycles. The molecule has 0 amide bonds. The minimum atomic E-state index is 0.264. The monoisotopic (exact) mass is 506 g/mol. The number of imidazole rings is 1. The van der Waals surface area contributed by atoms with Gasteiger partial charge in [-0.25, -0.2) is 4.98 Å². The van der Waals surface area contributed by atoms with Crippen molar-refractivity contribution in [3.63, 3.8) is 0 Å². The zero-order valence-corrected chi connectivity index (χ0v) is 22.0. The molecule has 5 heterocycles. The number of rotatable bonds is 6. The van der Waals surface area contributed by atoms with E-state index in [9.17, 15) is 0 Å². The number of hydrogen-bond acceptors (Lipinski definition) is 9. The summed E-state index contributed by atoms with van der Waals surface area (Å²) in [6.07, 6.45) is 4.12. The van der Waals surface area contributed by atoms with E-state index in [1.165, 1.54) is 5.69 Å². The van der Waals surface area contributed by atoms with Crippen LogP contribution in [0.4, 0.5) is 23.1 Å². The third-order valence-corrected chi connectivity index (χ3v) is 7.78. The normalized spacial score (nSPS) is 20.2. The van der Waals surface area contributed by atoms with Crippen molar-refractivity contribution in [2.75, 3.05) is 80.8 Å². The molecule has 37 heavy (non-hydrogen) atoms. The van der Waals surface area contributed by atoms with Gasteiger partial charge in [0.1, 0.15) is 0 Å². The highest BCUT2D eigenvalue weighted by Crippen LogP contribution is 2.30. The van der Waals surface area contributed by atoms with E-state index in [1.807, 2.05) is 6.33 Å². The van der Waals surface area contributed by atoms with Gasteiger partial charge in [0.2, 0.25) is 5.95 Å². The van der Waals surface area contributed by atoms with Crippen LogP contribution in [-0.2, 0) is 9.47 Å². The van der Waals surface area contributed by atoms with Crippen molar-refractivity contribution in [1.29, 1.82) is 0 Å². The third-order valence-electron chi connectivity index (χ3n) is 7.78. The average molecular weight is 507 g/mol. The minimum Gasteiger partial charge on any atom is -0.379 e. The van der Waals surface area contributed by atoms with Crippen LogP contribution >= 0.6 is 0 Å². The van der Waals surface area contributed by atoms with Crippen LogP contribution in [0.3, 0.4) is 0 Å². The summed E-state index contributed by atoms with van der Waals surface area (Å²) in [7, 11) is 0. The predicted molar refractivity (Wildman–Crippen MR) is 146 cm³/mol. The van der Waals surface area contributed by atoms with E-state index < -0.39 is 0 Å². The molecule has 0 saturated carbocycles. The number of anilines is 4. The summed E-state index contributed by atoms with van der Waals surface area (Å²) in [5.41, 5.74) is 3.89. The lowest BCUT2D eigenvalue weighted by molar-refractivity contribution is 0.0114. The van der Waals surface area contributed by atoms with Crippen LogP contribution in [0.15, 0.2) is 30.6 Å². The lowest BCUT2D eigenvalue weighted by atomic mass is 10.0. The van der Waals surface area contributed by atoms with Gasteiger partial charge in [0.05, 0.1) is 32.8 Å². The van der Waals surface area contributed by atoms with Crippen LogP contribution < -0.4 is 15.1 Å². The highest BCUT2D eigenvalue weighted by atomic mass is 16.5. The molecule has 0 unspecified atom stereocenters. The van der Waals surface area contributed by atoms with Gasteiger partial charge in [0, 0.05) is 62.7 Å². The van der Waals surface area contributed by atoms with Crippen molar-refractivity contribution < 1.29 is 9.47 Å². The number of fused-ring (bicyclic) bond motifs is 1. The van der Waals surface area contributed by atoms with Gasteiger partial charge in [-0.15, -0.1) is 0 Å². The highest BCUT2D eigenvalue weighted by Gasteiger charge is 2.28. The van der Waals surface area contributed by atoms with Crippen molar-refractivity contribution in [3.8, 4) is 0 Å². The topological polar surface area (TPSA) is 83.8 Å². The van der Waals surface area contributed by atoms with Gasteiger partial charge in [-0.3, -0.25) is 4.90 Å². The molecule has 3 aromatic rings. The van der Waals surface area contributed by atoms with Gasteiger partial charge in [0.15, 0.2) is 17.0 Å². The fourth-order valence-corrected chi connectivity index (χ4v) is 5.60. The van der Waals surface area contributed by atoms with E-state index in [0.717, 1.165) is 107 Å². The number of nitrogens with zero attached hydrogens (tertiary/aromatic N) is 7. The molecular formula is C27H38N8O2. The molecule has 1 aromatic carbocycles. The van der Waals surface area contributed by atoms with Crippen LogP contribution in [0.2, 0.25) is 0 Å². The van der Waals surface area contributed by atoms with Gasteiger partial charge in [0.25, 0.3) is 0 Å². The van der Waals surface area contributed by atoms with Gasteiger partial charge in [-0.1, -0.05) is 0 Å². The number of ether oxygens (including phenoxy) is 2. The van der Waals surface area contributed by atoms with E-state index in [2.05, 4.69) is 62.7 Å². The Balaban J connectivity index is 1.23. The maximum absolute atomic E-state index is 5.55. The molecule has 0 spiro atoms. The van der Waals surface area contributed by atoms with Gasteiger partial charge >= 0.3 is 0 Å². The van der Waals surface area contributed by atoms with E-state index in [-0.39, 0.29) is 6.04 Å². The van der Waals surface area contributed by atoms with Gasteiger partial charge < -0.3 is 29.2 Å². The molecule has 198 valence electrons. The number of piperidine rings is 1. The van der Waals surface area contributed by atoms with E-state index in [1.54, 1.807) is 0 Å². The summed E-state index contributed by atoms with van der Waals surface area (Å²) in [6.45, 7) is 13.4. The Morgan fingerprint density at radius 3 is 2.19 bits per heavy atom. The highest BCUT2D eigenvalue weighted by molar-refractivity contribution is 5.87. The second-order valence-electron chi connectivity index (χ2n) is 10.4. The second-order valence-corrected chi connectivity index (χ2v) is 10.4. The summed E-state index contributed by atoms with van der Waals surface area (Å²) in [5.74, 6) is 1.54. The summed E-state index contributed by atoms with van der Waals surface area (Å²) in [5, 5.41) is 3.55. The lowest BCUT2D eigenvalue weighted by Gasteiger charge is -2.40. The number of benzene rings is 1. The van der Waals surface area contributed by atoms with Crippen LogP contribution in [0.5, 0.6) is 0 Å². The summed E-state index contributed by atoms with van der Waals surface area (Å²) in [6, 6.07) is 9.44. The Kier molecular flexibility index (Phi) is 7.12. The first-order chi connectivity index (χ1) is 18.2. The van der Waals surface area contributed by atoms with Crippen LogP contribution in [0.25, 0.3) is 11.2 Å². The maximum Gasteiger partial charge on any atom is 0.229 e. The fourth-order valence-electron chi connectivity index (χ4n) is 5.60. The molecule has 10 nitrogen and oxygen atoms in total. The van der Waals surface area contributed by atoms with Crippen molar-refractivity contribution >= 4 is 34.3 Å². The predicted octanol–water partition coefficient (Wildman–Crippen LogP) is 3.29. The molecule has 3 saturated heterocycles. The van der Waals surface area contributed by atoms with E-state index >= 15 is 0 Å². The zero-order valence-electron chi connectivity index (χ0n) is 22.0. The number of nitrogens with one attached hydrogen (secondary N) is 1.